The smallest absolute Gasteiger partial charge is 0.330 e. The number of hydrogen-bond acceptors (Lipinski definition) is 5. The maximum Gasteiger partial charge on any atom is 0.330 e. The number of nitrogens with one attached hydrogen (secondary N) is 1. The molecule has 0 radical (unpaired) electrons. The van der Waals surface area contributed by atoms with Gasteiger partial charge in [-0.3, -0.25) is 19.1 Å². The number of nitrogen functional groups attached to an aromatic ring is 1. The Morgan fingerprint density at radius 3 is 2.64 bits per heavy atom. The summed E-state index contributed by atoms with van der Waals surface area (Å²) in [6.07, 6.45) is 3.94. The fraction of sp³-hybridized carbons (Fsp3) is 0.480. The van der Waals surface area contributed by atoms with Gasteiger partial charge in [-0.25, -0.2) is 4.79 Å². The van der Waals surface area contributed by atoms with E-state index in [1.807, 2.05) is 46.8 Å². The number of aryl methyl sites for hydroxylation is 2. The van der Waals surface area contributed by atoms with Crippen LogP contribution in [-0.2, 0) is 17.8 Å². The van der Waals surface area contributed by atoms with Crippen molar-refractivity contribution in [1.29, 1.82) is 0 Å². The number of nitrogens with zero attached hydrogens (tertiary/aromatic N) is 2. The number of benzene rings is 1. The van der Waals surface area contributed by atoms with Gasteiger partial charge in [0.2, 0.25) is 5.91 Å². The number of aromatic nitrogens is 2. The van der Waals surface area contributed by atoms with Gasteiger partial charge in [0.25, 0.3) is 5.56 Å². The number of unbranched alkanes of at least 4 members (excludes halogenated alkanes) is 1. The third-order valence-corrected chi connectivity index (χ3v) is 6.13. The van der Waals surface area contributed by atoms with Crippen LogP contribution in [-0.4, -0.2) is 22.0 Å². The Bertz CT molecular complexity index is 1270. The van der Waals surface area contributed by atoms with Crippen molar-refractivity contribution >= 4 is 28.4 Å². The molecule has 0 saturated carbocycles. The summed E-state index contributed by atoms with van der Waals surface area (Å²) in [6.45, 7) is 10.8. The average molecular weight is 455 g/mol. The van der Waals surface area contributed by atoms with Crippen LogP contribution in [0.3, 0.4) is 0 Å². The second-order valence-corrected chi connectivity index (χ2v) is 9.05. The zero-order chi connectivity index (χ0) is 24.3. The first-order valence-corrected chi connectivity index (χ1v) is 11.5. The predicted molar refractivity (Wildman–Crippen MR) is 132 cm³/mol. The van der Waals surface area contributed by atoms with E-state index in [1.165, 1.54) is 9.47 Å². The lowest BCUT2D eigenvalue weighted by molar-refractivity contribution is -0.118. The van der Waals surface area contributed by atoms with Gasteiger partial charge in [0.15, 0.2) is 5.69 Å². The first kappa shape index (κ1) is 24.4. The van der Waals surface area contributed by atoms with E-state index in [0.717, 1.165) is 40.5 Å². The van der Waals surface area contributed by atoms with Crippen LogP contribution in [0.2, 0.25) is 0 Å². The molecule has 1 aromatic carbocycles. The number of fused-ring (bicyclic) bond motifs is 1. The van der Waals surface area contributed by atoms with E-state index in [9.17, 15) is 14.4 Å². The first-order valence-electron chi connectivity index (χ1n) is 11.5. The van der Waals surface area contributed by atoms with E-state index in [4.69, 9.17) is 10.2 Å². The van der Waals surface area contributed by atoms with Gasteiger partial charge in [-0.1, -0.05) is 39.3 Å². The molecular weight excluding hydrogens is 420 g/mol. The molecule has 0 aliphatic carbocycles. The molecular formula is C25H34N4O4. The molecule has 0 unspecified atom stereocenters. The minimum absolute atomic E-state index is 0.0258. The fourth-order valence-corrected chi connectivity index (χ4v) is 3.91. The summed E-state index contributed by atoms with van der Waals surface area (Å²) >= 11 is 0. The molecule has 0 bridgehead atoms. The van der Waals surface area contributed by atoms with Crippen LogP contribution >= 0.6 is 0 Å². The molecule has 0 aliphatic rings. The highest BCUT2D eigenvalue weighted by atomic mass is 16.3. The number of carbonyl (C=O) groups is 1. The third-order valence-electron chi connectivity index (χ3n) is 6.13. The Labute approximate surface area is 193 Å². The first-order chi connectivity index (χ1) is 15.6. The maximum absolute atomic E-state index is 13.5. The lowest BCUT2D eigenvalue weighted by Gasteiger charge is -2.25. The molecule has 3 rings (SSSR count). The van der Waals surface area contributed by atoms with Gasteiger partial charge >= 0.3 is 5.69 Å². The Hall–Kier alpha value is -3.29. The van der Waals surface area contributed by atoms with Gasteiger partial charge in [0.05, 0.1) is 12.7 Å². The molecule has 2 aromatic heterocycles. The van der Waals surface area contributed by atoms with Crippen LogP contribution in [0.1, 0.15) is 56.7 Å². The molecule has 3 N–H and O–H groups in total. The number of nitrogens with two attached hydrogens (primary N) is 1. The van der Waals surface area contributed by atoms with E-state index >= 15 is 0 Å². The zero-order valence-electron chi connectivity index (χ0n) is 20.2. The van der Waals surface area contributed by atoms with Gasteiger partial charge in [-0.2, -0.15) is 0 Å². The van der Waals surface area contributed by atoms with Gasteiger partial charge in [-0.15, -0.1) is 0 Å². The van der Waals surface area contributed by atoms with Crippen molar-refractivity contribution in [2.24, 2.45) is 5.92 Å². The molecule has 0 fully saturated rings. The van der Waals surface area contributed by atoms with E-state index < -0.39 is 11.2 Å². The summed E-state index contributed by atoms with van der Waals surface area (Å²) in [5.41, 5.74) is 8.79. The second kappa shape index (κ2) is 10.1. The second-order valence-electron chi connectivity index (χ2n) is 9.05. The molecule has 33 heavy (non-hydrogen) atoms. The Morgan fingerprint density at radius 1 is 1.24 bits per heavy atom. The number of H-pyrrole nitrogens is 1. The largest absolute Gasteiger partial charge is 0.464 e. The van der Waals surface area contributed by atoms with Crippen molar-refractivity contribution in [3.05, 3.63) is 55.9 Å². The van der Waals surface area contributed by atoms with Crippen LogP contribution in [0.4, 0.5) is 11.5 Å². The topological polar surface area (TPSA) is 114 Å². The minimum Gasteiger partial charge on any atom is -0.464 e. The average Bonchev–Trinajstić information content (AvgIpc) is 3.15. The predicted octanol–water partition coefficient (Wildman–Crippen LogP) is 3.90. The van der Waals surface area contributed by atoms with Crippen molar-refractivity contribution < 1.29 is 9.21 Å². The number of carbonyl (C=O) groups excluding carboxylic acids is 1. The van der Waals surface area contributed by atoms with Crippen molar-refractivity contribution in [2.75, 3.05) is 17.2 Å². The third kappa shape index (κ3) is 5.05. The lowest BCUT2D eigenvalue weighted by atomic mass is 10.0. The van der Waals surface area contributed by atoms with Crippen LogP contribution in [0.5, 0.6) is 0 Å². The number of amides is 1. The summed E-state index contributed by atoms with van der Waals surface area (Å²) in [6, 6.07) is 3.96. The molecule has 8 nitrogen and oxygen atoms in total. The van der Waals surface area contributed by atoms with Crippen LogP contribution in [0.15, 0.2) is 32.4 Å². The Balaban J connectivity index is 2.03. The molecule has 0 saturated heterocycles. The molecule has 3 aromatic rings. The van der Waals surface area contributed by atoms with E-state index in [-0.39, 0.29) is 23.8 Å². The van der Waals surface area contributed by atoms with Crippen molar-refractivity contribution in [2.45, 2.75) is 66.8 Å². The lowest BCUT2D eigenvalue weighted by Crippen LogP contribution is -2.42. The Kier molecular flexibility index (Phi) is 7.46. The van der Waals surface area contributed by atoms with Crippen LogP contribution in [0, 0.1) is 19.8 Å². The molecule has 2 heterocycles. The Morgan fingerprint density at radius 2 is 1.97 bits per heavy atom. The summed E-state index contributed by atoms with van der Waals surface area (Å²) in [4.78, 5) is 42.5. The highest BCUT2D eigenvalue weighted by Crippen LogP contribution is 2.28. The van der Waals surface area contributed by atoms with Gasteiger partial charge in [-0.05, 0) is 43.7 Å². The van der Waals surface area contributed by atoms with Gasteiger partial charge in [0, 0.05) is 24.0 Å². The van der Waals surface area contributed by atoms with Crippen molar-refractivity contribution in [3.8, 4) is 0 Å². The van der Waals surface area contributed by atoms with Gasteiger partial charge in [0.1, 0.15) is 11.4 Å². The van der Waals surface area contributed by atoms with Gasteiger partial charge < -0.3 is 15.1 Å². The SMILES string of the molecule is CCCCn1c(N)c(N(CCC(C)C)C(=O)Cc2coc3c(C)c(C)ccc23)c(=O)[nH]c1=O. The van der Waals surface area contributed by atoms with Crippen LogP contribution < -0.4 is 21.9 Å². The summed E-state index contributed by atoms with van der Waals surface area (Å²) in [7, 11) is 0. The van der Waals surface area contributed by atoms with Crippen LogP contribution in [0.25, 0.3) is 11.0 Å². The van der Waals surface area contributed by atoms with E-state index in [1.54, 1.807) is 6.26 Å². The monoisotopic (exact) mass is 454 g/mol. The highest BCUT2D eigenvalue weighted by Gasteiger charge is 2.25. The molecule has 178 valence electrons. The minimum atomic E-state index is -0.647. The standard InChI is InChI=1S/C25H34N4O4/c1-6-7-11-29-23(26)21(24(31)27-25(29)32)28(12-10-15(2)3)20(30)13-18-14-33-22-17(5)16(4)8-9-19(18)22/h8-9,14-15H,6-7,10-13,26H2,1-5H3,(H,27,31,32). The van der Waals surface area contributed by atoms with Crippen molar-refractivity contribution in [1.82, 2.24) is 9.55 Å². The quantitative estimate of drug-likeness (QED) is 0.509. The fourth-order valence-electron chi connectivity index (χ4n) is 3.91. The summed E-state index contributed by atoms with van der Waals surface area (Å²) < 4.78 is 7.11. The number of aromatic amines is 1. The summed E-state index contributed by atoms with van der Waals surface area (Å²) in [5.74, 6) is 0.0688. The summed E-state index contributed by atoms with van der Waals surface area (Å²) in [5, 5.41) is 0.880. The number of rotatable bonds is 9. The number of furan rings is 1. The zero-order valence-corrected chi connectivity index (χ0v) is 20.2. The number of anilines is 2. The molecule has 0 spiro atoms. The van der Waals surface area contributed by atoms with Crippen molar-refractivity contribution in [3.63, 3.8) is 0 Å². The van der Waals surface area contributed by atoms with E-state index in [2.05, 4.69) is 4.98 Å². The highest BCUT2D eigenvalue weighted by molar-refractivity contribution is 5.99. The molecule has 1 amide bonds. The molecule has 0 atom stereocenters. The molecule has 0 aliphatic heterocycles. The van der Waals surface area contributed by atoms with E-state index in [0.29, 0.717) is 25.4 Å². The number of hydrogen-bond donors (Lipinski definition) is 2. The normalized spacial score (nSPS) is 11.5. The molecule has 8 heteroatoms. The maximum atomic E-state index is 13.5.